The Bertz CT molecular complexity index is 2490. The fraction of sp³-hybridized carbons (Fsp3) is 0.156. The molecule has 0 bridgehead atoms. The maximum absolute atomic E-state index is 12.6. The molecule has 0 aliphatic heterocycles. The van der Waals surface area contributed by atoms with Crippen LogP contribution in [0.25, 0.3) is 28.4 Å². The van der Waals surface area contributed by atoms with Crippen LogP contribution in [0.2, 0.25) is 0 Å². The number of ketones is 1. The minimum Gasteiger partial charge on any atom is -0.497 e. The van der Waals surface area contributed by atoms with E-state index in [0.717, 1.165) is 17.0 Å². The number of benzene rings is 5. The summed E-state index contributed by atoms with van der Waals surface area (Å²) >= 11 is 0. The summed E-state index contributed by atoms with van der Waals surface area (Å²) in [6.07, 6.45) is 0.596. The number of carboxylic acids is 1. The zero-order chi connectivity index (χ0) is 41.6. The van der Waals surface area contributed by atoms with Gasteiger partial charge in [-0.2, -0.15) is 15.0 Å². The number of esters is 1. The predicted octanol–water partition coefficient (Wildman–Crippen LogP) is 8.81. The number of ether oxygens (including phenoxy) is 3. The summed E-state index contributed by atoms with van der Waals surface area (Å²) in [6.45, 7) is 4.14. The number of nitrogens with zero attached hydrogens (tertiary/aromatic N) is 6. The molecule has 5 aromatic carbocycles. The fourth-order valence-corrected chi connectivity index (χ4v) is 5.62. The van der Waals surface area contributed by atoms with Crippen molar-refractivity contribution in [3.05, 3.63) is 162 Å². The van der Waals surface area contributed by atoms with Gasteiger partial charge < -0.3 is 23.7 Å². The first kappa shape index (κ1) is 40.9. The Kier molecular flexibility index (Phi) is 13.8. The van der Waals surface area contributed by atoms with Crippen LogP contribution in [0.15, 0.2) is 154 Å². The van der Waals surface area contributed by atoms with Gasteiger partial charge in [0, 0.05) is 23.1 Å². The average Bonchev–Trinajstić information content (AvgIpc) is 3.90. The molecule has 1 unspecified atom stereocenters. The molecule has 0 saturated carbocycles. The molecule has 14 heteroatoms. The van der Waals surface area contributed by atoms with Crippen LogP contribution in [-0.4, -0.2) is 69.2 Å². The number of rotatable bonds is 15. The van der Waals surface area contributed by atoms with Crippen molar-refractivity contribution in [2.75, 3.05) is 20.3 Å². The van der Waals surface area contributed by atoms with Crippen molar-refractivity contribution < 1.29 is 38.1 Å². The fourth-order valence-electron chi connectivity index (χ4n) is 5.62. The standard InChI is InChI=1S/C27H22N4O4.C18H18N2O4/c1-18-23(28-26(35-18)20-8-4-2-5-9-20)16-17-34-22-14-12-19(13-15-22)24-25(27(32)33)30-31(29-24)21-10-6-3-7-11-21;1-3-24-18(22)16(20-19-14-7-5-4-6-8-14)17(21)13-9-11-15(23-2)12-10-13/h2-15H,16-17H2,1H3,(H,32,33);4-12,16H,3H2,1-2H3. The number of hydrogen-bond donors (Lipinski definition) is 1. The number of carbonyl (C=O) groups excluding carboxylic acids is 2. The maximum atomic E-state index is 12.6. The lowest BCUT2D eigenvalue weighted by molar-refractivity contribution is -0.143. The van der Waals surface area contributed by atoms with Crippen molar-refractivity contribution in [3.63, 3.8) is 0 Å². The Balaban J connectivity index is 0.000000214. The van der Waals surface area contributed by atoms with E-state index in [-0.39, 0.29) is 12.3 Å². The Morgan fingerprint density at radius 2 is 1.41 bits per heavy atom. The van der Waals surface area contributed by atoms with Gasteiger partial charge in [-0.1, -0.05) is 54.6 Å². The second-order valence-corrected chi connectivity index (χ2v) is 12.6. The maximum Gasteiger partial charge on any atom is 0.358 e. The monoisotopic (exact) mass is 792 g/mol. The van der Waals surface area contributed by atoms with Gasteiger partial charge in [0.15, 0.2) is 5.69 Å². The van der Waals surface area contributed by atoms with Crippen molar-refractivity contribution >= 4 is 23.4 Å². The lowest BCUT2D eigenvalue weighted by Gasteiger charge is -2.10. The number of carbonyl (C=O) groups is 3. The molecule has 7 rings (SSSR count). The Morgan fingerprint density at radius 1 is 0.780 bits per heavy atom. The van der Waals surface area contributed by atoms with Gasteiger partial charge in [0.1, 0.15) is 23.0 Å². The lowest BCUT2D eigenvalue weighted by Crippen LogP contribution is -2.30. The van der Waals surface area contributed by atoms with Gasteiger partial charge in [-0.3, -0.25) is 4.79 Å². The first-order valence-electron chi connectivity index (χ1n) is 18.6. The van der Waals surface area contributed by atoms with Gasteiger partial charge in [-0.05, 0) is 98.8 Å². The van der Waals surface area contributed by atoms with Crippen molar-refractivity contribution in [2.24, 2.45) is 10.2 Å². The molecule has 0 aliphatic carbocycles. The molecule has 7 aromatic rings. The number of aromatic nitrogens is 4. The third-order valence-corrected chi connectivity index (χ3v) is 8.63. The van der Waals surface area contributed by atoms with Crippen LogP contribution < -0.4 is 9.47 Å². The minimum absolute atomic E-state index is 0.113. The van der Waals surface area contributed by atoms with Crippen LogP contribution >= 0.6 is 0 Å². The highest BCUT2D eigenvalue weighted by Crippen LogP contribution is 2.26. The number of azo groups is 1. The third-order valence-electron chi connectivity index (χ3n) is 8.63. The lowest BCUT2D eigenvalue weighted by atomic mass is 10.0. The number of carboxylic acid groups (broad SMARTS) is 1. The number of oxazole rings is 1. The van der Waals surface area contributed by atoms with E-state index in [1.807, 2.05) is 73.7 Å². The first-order chi connectivity index (χ1) is 28.7. The molecule has 14 nitrogen and oxygen atoms in total. The average molecular weight is 793 g/mol. The molecular formula is C45H40N6O8. The van der Waals surface area contributed by atoms with Crippen LogP contribution in [0.1, 0.15) is 39.2 Å². The van der Waals surface area contributed by atoms with Crippen molar-refractivity contribution in [2.45, 2.75) is 26.3 Å². The first-order valence-corrected chi connectivity index (χ1v) is 18.6. The SMILES string of the molecule is CCOC(=O)C(N=Nc1ccccc1)C(=O)c1ccc(OC)cc1.Cc1oc(-c2ccccc2)nc1CCOc1ccc(-c2nn(-c3ccccc3)nc2C(=O)O)cc1. The van der Waals surface area contributed by atoms with E-state index < -0.39 is 23.8 Å². The molecule has 1 atom stereocenters. The van der Waals surface area contributed by atoms with Crippen molar-refractivity contribution in [3.8, 4) is 39.9 Å². The summed E-state index contributed by atoms with van der Waals surface area (Å²) in [5.74, 6) is 0.301. The van der Waals surface area contributed by atoms with E-state index in [2.05, 4.69) is 25.4 Å². The van der Waals surface area contributed by atoms with E-state index >= 15 is 0 Å². The number of aromatic carboxylic acids is 1. The molecule has 2 heterocycles. The Labute approximate surface area is 339 Å². The van der Waals surface area contributed by atoms with Crippen LogP contribution in [0.4, 0.5) is 5.69 Å². The summed E-state index contributed by atoms with van der Waals surface area (Å²) in [7, 11) is 1.53. The molecule has 0 amide bonds. The van der Waals surface area contributed by atoms with Crippen LogP contribution in [0.3, 0.4) is 0 Å². The predicted molar refractivity (Wildman–Crippen MR) is 218 cm³/mol. The summed E-state index contributed by atoms with van der Waals surface area (Å²) in [6, 6.07) is 40.0. The number of hydrogen-bond acceptors (Lipinski definition) is 12. The number of methoxy groups -OCH3 is 1. The largest absolute Gasteiger partial charge is 0.497 e. The van der Waals surface area contributed by atoms with Crippen molar-refractivity contribution in [1.82, 2.24) is 20.0 Å². The Hall–Kier alpha value is -7.74. The van der Waals surface area contributed by atoms with Gasteiger partial charge in [-0.25, -0.2) is 14.6 Å². The van der Waals surface area contributed by atoms with Crippen LogP contribution in [-0.2, 0) is 16.0 Å². The van der Waals surface area contributed by atoms with Crippen LogP contribution in [0.5, 0.6) is 11.5 Å². The molecule has 0 aliphatic rings. The molecule has 0 radical (unpaired) electrons. The second kappa shape index (κ2) is 19.9. The summed E-state index contributed by atoms with van der Waals surface area (Å²) in [5, 5.41) is 26.0. The summed E-state index contributed by atoms with van der Waals surface area (Å²) < 4.78 is 21.7. The number of aryl methyl sites for hydroxylation is 1. The molecule has 2 aromatic heterocycles. The molecule has 0 spiro atoms. The molecular weight excluding hydrogens is 753 g/mol. The van der Waals surface area contributed by atoms with Gasteiger partial charge in [0.2, 0.25) is 17.7 Å². The van der Waals surface area contributed by atoms with Gasteiger partial charge in [-0.15, -0.1) is 10.2 Å². The van der Waals surface area contributed by atoms with E-state index in [4.69, 9.17) is 18.6 Å². The Morgan fingerprint density at radius 3 is 2.03 bits per heavy atom. The van der Waals surface area contributed by atoms with Crippen LogP contribution in [0, 0.1) is 6.92 Å². The smallest absolute Gasteiger partial charge is 0.358 e. The van der Waals surface area contributed by atoms with E-state index in [1.54, 1.807) is 79.7 Å². The molecule has 0 fully saturated rings. The summed E-state index contributed by atoms with van der Waals surface area (Å²) in [4.78, 5) is 42.3. The van der Waals surface area contributed by atoms with Gasteiger partial charge >= 0.3 is 11.9 Å². The molecule has 0 saturated heterocycles. The summed E-state index contributed by atoms with van der Waals surface area (Å²) in [5.41, 5.74) is 4.16. The molecule has 1 N–H and O–H groups in total. The topological polar surface area (TPSA) is 181 Å². The minimum atomic E-state index is -1.33. The normalized spacial score (nSPS) is 11.3. The van der Waals surface area contributed by atoms with E-state index in [0.29, 0.717) is 58.6 Å². The van der Waals surface area contributed by atoms with Crippen molar-refractivity contribution in [1.29, 1.82) is 0 Å². The van der Waals surface area contributed by atoms with E-state index in [1.165, 1.54) is 11.9 Å². The van der Waals surface area contributed by atoms with E-state index in [9.17, 15) is 19.5 Å². The van der Waals surface area contributed by atoms with Gasteiger partial charge in [0.05, 0.1) is 37.4 Å². The highest BCUT2D eigenvalue weighted by Gasteiger charge is 2.29. The second-order valence-electron chi connectivity index (χ2n) is 12.6. The quantitative estimate of drug-likeness (QED) is 0.0454. The third kappa shape index (κ3) is 10.8. The highest BCUT2D eigenvalue weighted by molar-refractivity contribution is 6.12. The zero-order valence-corrected chi connectivity index (χ0v) is 32.5. The zero-order valence-electron chi connectivity index (χ0n) is 32.5. The number of para-hydroxylation sites is 1. The number of Topliss-reactive ketones (excluding diaryl/α,β-unsaturated/α-hetero) is 1. The van der Waals surface area contributed by atoms with Gasteiger partial charge in [0.25, 0.3) is 0 Å². The molecule has 59 heavy (non-hydrogen) atoms. The highest BCUT2D eigenvalue weighted by atomic mass is 16.5. The molecule has 298 valence electrons.